The van der Waals surface area contributed by atoms with Crippen molar-refractivity contribution in [1.82, 2.24) is 15.0 Å². The molecule has 0 amide bonds. The van der Waals surface area contributed by atoms with Crippen LogP contribution in [0.5, 0.6) is 0 Å². The van der Waals surface area contributed by atoms with Crippen LogP contribution < -0.4 is 5.19 Å². The number of benzene rings is 2. The van der Waals surface area contributed by atoms with E-state index in [0.29, 0.717) is 17.5 Å². The summed E-state index contributed by atoms with van der Waals surface area (Å²) in [4.78, 5) is 13.7. The smallest absolute Gasteiger partial charge is 0.216 e. The zero-order valence-corrected chi connectivity index (χ0v) is 35.3. The molecule has 0 fully saturated rings. The summed E-state index contributed by atoms with van der Waals surface area (Å²) in [6.45, 7) is 27.6. The van der Waals surface area contributed by atoms with Crippen molar-refractivity contribution in [2.24, 2.45) is 11.3 Å². The van der Waals surface area contributed by atoms with Gasteiger partial charge in [-0.15, -0.1) is 53.6 Å². The summed E-state index contributed by atoms with van der Waals surface area (Å²) in [6, 6.07) is 27.7. The molecule has 0 aliphatic carbocycles. The number of hydrogen-bond donors (Lipinski definition) is 0. The third-order valence-corrected chi connectivity index (χ3v) is 11.3. The van der Waals surface area contributed by atoms with Crippen LogP contribution in [0.25, 0.3) is 44.6 Å². The van der Waals surface area contributed by atoms with Gasteiger partial charge < -0.3 is 14.4 Å². The Morgan fingerprint density at radius 1 is 0.800 bits per heavy atom. The first-order valence-corrected chi connectivity index (χ1v) is 21.1. The van der Waals surface area contributed by atoms with Crippen molar-refractivity contribution in [3.05, 3.63) is 108 Å². The quantitative estimate of drug-likeness (QED) is 0.124. The van der Waals surface area contributed by atoms with Crippen LogP contribution in [0.15, 0.2) is 83.7 Å². The minimum atomic E-state index is -1.41. The van der Waals surface area contributed by atoms with Gasteiger partial charge in [0.1, 0.15) is 0 Å². The van der Waals surface area contributed by atoms with Gasteiger partial charge >= 0.3 is 0 Å². The molecule has 1 radical (unpaired) electrons. The van der Waals surface area contributed by atoms with Crippen molar-refractivity contribution >= 4 is 35.3 Å². The Morgan fingerprint density at radius 2 is 1.54 bits per heavy atom. The van der Waals surface area contributed by atoms with Crippen molar-refractivity contribution in [3.63, 3.8) is 0 Å². The normalized spacial score (nSPS) is 12.8. The maximum Gasteiger partial charge on any atom is 0.216 e. The van der Waals surface area contributed by atoms with E-state index in [1.165, 1.54) is 21.9 Å². The van der Waals surface area contributed by atoms with Gasteiger partial charge in [0.25, 0.3) is 0 Å². The third-order valence-electron chi connectivity index (χ3n) is 9.25. The molecule has 0 spiro atoms. The predicted octanol–water partition coefficient (Wildman–Crippen LogP) is 11.6. The van der Waals surface area contributed by atoms with Gasteiger partial charge in [0.2, 0.25) is 5.71 Å². The maximum atomic E-state index is 6.00. The Morgan fingerprint density at radius 3 is 2.16 bits per heavy atom. The average molecular weight is 860 g/mol. The van der Waals surface area contributed by atoms with Crippen molar-refractivity contribution in [1.29, 1.82) is 0 Å². The van der Waals surface area contributed by atoms with Gasteiger partial charge in [-0.05, 0) is 63.9 Å². The van der Waals surface area contributed by atoms with Crippen molar-refractivity contribution < 1.29 is 24.5 Å². The van der Waals surface area contributed by atoms with E-state index in [4.69, 9.17) is 9.40 Å². The number of fused-ring (bicyclic) bond motifs is 3. The molecular formula is C44H53IrN3OSi-2. The summed E-state index contributed by atoms with van der Waals surface area (Å²) in [7, 11) is -1.41. The van der Waals surface area contributed by atoms with E-state index in [1.807, 2.05) is 30.5 Å². The van der Waals surface area contributed by atoms with Crippen molar-refractivity contribution in [2.75, 3.05) is 0 Å². The monoisotopic (exact) mass is 860 g/mol. The molecule has 0 aliphatic heterocycles. The van der Waals surface area contributed by atoms with E-state index in [0.717, 1.165) is 45.3 Å². The third kappa shape index (κ3) is 9.26. The first kappa shape index (κ1) is 39.3. The zero-order valence-electron chi connectivity index (χ0n) is 32.0. The second-order valence-electron chi connectivity index (χ2n) is 17.0. The minimum absolute atomic E-state index is 0. The van der Waals surface area contributed by atoms with Crippen LogP contribution in [0.4, 0.5) is 0 Å². The largest absolute Gasteiger partial charge is 0.486 e. The number of furan rings is 1. The van der Waals surface area contributed by atoms with Gasteiger partial charge in [-0.3, -0.25) is 0 Å². The fourth-order valence-corrected chi connectivity index (χ4v) is 7.68. The summed E-state index contributed by atoms with van der Waals surface area (Å²) in [5.41, 5.74) is 9.85. The Balaban J connectivity index is 0.000000220. The summed E-state index contributed by atoms with van der Waals surface area (Å²) in [6.07, 6.45) is 6.84. The number of hydrogen-bond acceptors (Lipinski definition) is 4. The summed E-state index contributed by atoms with van der Waals surface area (Å²) in [5, 5.41) is 3.56. The first-order chi connectivity index (χ1) is 22.9. The van der Waals surface area contributed by atoms with Crippen LogP contribution in [0.2, 0.25) is 19.6 Å². The molecular weight excluding hydrogens is 807 g/mol. The number of rotatable bonds is 6. The van der Waals surface area contributed by atoms with Gasteiger partial charge in [-0.25, -0.2) is 4.98 Å². The standard InChI is InChI=1S/C23H34NSi.C21H19N2O.Ir/c1-22(2,3)15-18-14-20(24-16-21(18)25(7,8)9)17-10-12-19(13-11-17)23(4,5)6;1-13(2)14(3)15-9-11-22-19(12-15)18-7-4-6-16-17-8-5-10-23-21(17)24-20(16)18;/h10,12-14,16H,15H2,1-9H3;4-6,8-14H,1-3H3;/q2*-1;. The molecule has 0 saturated carbocycles. The molecule has 6 rings (SSSR count). The van der Waals surface area contributed by atoms with E-state index in [1.54, 1.807) is 6.20 Å². The first-order valence-electron chi connectivity index (χ1n) is 17.6. The minimum Gasteiger partial charge on any atom is -0.486 e. The van der Waals surface area contributed by atoms with E-state index in [-0.39, 0.29) is 30.9 Å². The molecule has 4 nitrogen and oxygen atoms in total. The molecule has 1 unspecified atom stereocenters. The van der Waals surface area contributed by atoms with Gasteiger partial charge in [0.05, 0.1) is 13.7 Å². The van der Waals surface area contributed by atoms with Crippen LogP contribution in [-0.2, 0) is 31.9 Å². The molecule has 0 N–H and O–H groups in total. The van der Waals surface area contributed by atoms with Crippen LogP contribution in [0, 0.1) is 23.5 Å². The molecule has 1 atom stereocenters. The van der Waals surface area contributed by atoms with Gasteiger partial charge in [0.15, 0.2) is 0 Å². The Kier molecular flexibility index (Phi) is 12.1. The Hall–Kier alpha value is -3.44. The molecule has 6 heteroatoms. The van der Waals surface area contributed by atoms with Gasteiger partial charge in [-0.2, -0.15) is 0 Å². The molecule has 0 aliphatic rings. The Labute approximate surface area is 314 Å². The molecule has 2 aromatic carbocycles. The molecule has 0 bridgehead atoms. The topological polar surface area (TPSA) is 51.8 Å². The number of pyridine rings is 3. The van der Waals surface area contributed by atoms with Crippen LogP contribution >= 0.6 is 0 Å². The van der Waals surface area contributed by atoms with Gasteiger partial charge in [0, 0.05) is 44.1 Å². The van der Waals surface area contributed by atoms with E-state index in [9.17, 15) is 0 Å². The van der Waals surface area contributed by atoms with Crippen LogP contribution in [0.1, 0.15) is 84.9 Å². The SMILES string of the molecule is CC(C)(C)Cc1cc(-c2[c-]cc(C(C)(C)C)cc2)ncc1[Si](C)(C)C.CC(C)C(C)c1ccnc(-c2[c-]ccc3c2oc2ncccc23)c1.[Ir]. The van der Waals surface area contributed by atoms with E-state index in [2.05, 4.69) is 147 Å². The molecule has 50 heavy (non-hydrogen) atoms. The van der Waals surface area contributed by atoms with Crippen molar-refractivity contribution in [2.45, 2.75) is 99.7 Å². The fourth-order valence-electron chi connectivity index (χ4n) is 6.11. The van der Waals surface area contributed by atoms with Crippen molar-refractivity contribution in [3.8, 4) is 22.5 Å². The molecule has 0 saturated heterocycles. The van der Waals surface area contributed by atoms with Gasteiger partial charge in [-0.1, -0.05) is 116 Å². The maximum absolute atomic E-state index is 6.00. The molecule has 6 aromatic rings. The summed E-state index contributed by atoms with van der Waals surface area (Å²) in [5.74, 6) is 1.05. The molecule has 265 valence electrons. The summed E-state index contributed by atoms with van der Waals surface area (Å²) >= 11 is 0. The second-order valence-corrected chi connectivity index (χ2v) is 22.1. The number of aromatic nitrogens is 3. The number of nitrogens with zero attached hydrogens (tertiary/aromatic N) is 3. The second kappa shape index (κ2) is 15.4. The van der Waals surface area contributed by atoms with E-state index < -0.39 is 8.07 Å². The average Bonchev–Trinajstić information content (AvgIpc) is 3.42. The fraction of sp³-hybridized carbons (Fsp3) is 0.386. The zero-order chi connectivity index (χ0) is 35.7. The Bertz CT molecular complexity index is 2040. The summed E-state index contributed by atoms with van der Waals surface area (Å²) < 4.78 is 6.00. The van der Waals surface area contributed by atoms with E-state index >= 15 is 0 Å². The van der Waals surface area contributed by atoms with Crippen LogP contribution in [-0.4, -0.2) is 23.0 Å². The molecule has 4 heterocycles. The molecule has 4 aromatic heterocycles. The predicted molar refractivity (Wildman–Crippen MR) is 210 cm³/mol. The van der Waals surface area contributed by atoms with Crippen LogP contribution in [0.3, 0.4) is 0 Å².